The Morgan fingerprint density at radius 1 is 0.114 bits per heavy atom. The fourth-order valence-electron chi connectivity index (χ4n) is 13.5. The molecule has 0 aliphatic heterocycles. The predicted molar refractivity (Wildman–Crippen MR) is 412 cm³/mol. The second kappa shape index (κ2) is 21.1. The molecule has 88 heavy (non-hydrogen) atoms. The summed E-state index contributed by atoms with van der Waals surface area (Å²) in [4.78, 5) is 0. The Labute approximate surface area is 555 Å². The summed E-state index contributed by atoms with van der Waals surface area (Å²) >= 11 is 0. The van der Waals surface area contributed by atoms with Crippen molar-refractivity contribution in [1.82, 2.24) is 0 Å². The van der Waals surface area contributed by atoms with E-state index in [1.165, 1.54) is 0 Å². The van der Waals surface area contributed by atoms with E-state index in [-0.39, 0.29) is 279 Å². The molecule has 0 N–H and O–H groups in total. The van der Waals surface area contributed by atoms with Gasteiger partial charge in [0.2, 0.25) is 0 Å². The van der Waals surface area contributed by atoms with Crippen molar-refractivity contribution in [2.45, 2.75) is 5.82 Å². The molecule has 0 bridgehead atoms. The summed E-state index contributed by atoms with van der Waals surface area (Å²) in [6.45, 7) is 0. The van der Waals surface area contributed by atoms with Crippen molar-refractivity contribution in [2.24, 2.45) is 0 Å². The summed E-state index contributed by atoms with van der Waals surface area (Å²) in [7, 11) is 229. The van der Waals surface area contributed by atoms with E-state index in [0.29, 0.717) is 16.3 Å². The van der Waals surface area contributed by atoms with Crippen LogP contribution in [-0.4, -0.2) is 259 Å². The third-order valence-electron chi connectivity index (χ3n) is 18.0. The van der Waals surface area contributed by atoms with Gasteiger partial charge in [-0.3, -0.25) is 0 Å². The molecule has 33 heteroatoms. The van der Waals surface area contributed by atoms with Crippen LogP contribution in [0.1, 0.15) is 16.9 Å². The molecule has 0 fully saturated rings. The maximum absolute atomic E-state index is 7.55. The molecule has 0 nitrogen and oxygen atoms in total. The minimum absolute atomic E-state index is 0.00220. The zero-order valence-corrected chi connectivity index (χ0v) is 46.6. The minimum Gasteiger partial charge on any atom is -0.112 e. The van der Waals surface area contributed by atoms with Gasteiger partial charge in [-0.05, 0) is 126 Å². The average Bonchev–Trinajstić information content (AvgIpc) is 1.15. The van der Waals surface area contributed by atoms with Crippen molar-refractivity contribution in [3.63, 3.8) is 0 Å². The zero-order valence-electron chi connectivity index (χ0n) is 46.6. The molecule has 320 valence electrons. The number of hydrogen-bond donors (Lipinski definition) is 0. The number of benzene rings is 11. The van der Waals surface area contributed by atoms with Gasteiger partial charge in [0.25, 0.3) is 0 Å². The van der Waals surface area contributed by atoms with Crippen LogP contribution in [0.5, 0.6) is 0 Å². The van der Waals surface area contributed by atoms with Gasteiger partial charge in [-0.2, -0.15) is 0 Å². The first-order valence-corrected chi connectivity index (χ1v) is 26.1. The lowest BCUT2D eigenvalue weighted by atomic mass is 9.53. The van der Waals surface area contributed by atoms with Gasteiger partial charge in [0.05, 0.1) is 7.85 Å². The predicted octanol–water partition coefficient (Wildman–Crippen LogP) is -23.8. The SMILES string of the molecule is [B]c1c([B])c([B])c(-c2c([B])c(-c3c([B])c([B])c([B])c(-c4c([B])c([B])c5c([B])c([B])c6c([B])c([B])c([B])c7c6c5c4C7[B])c3[B])c([B])c(-c3c([B])c([B])c([B])c(-c4c([B])c([B])c5c([B])c([B])c6c([B])c([B])c([B])c7c([B])c([B])c4c5c67)c3[B])c2[B])c([B])c1[B]. The standard InChI is InChI=1S/C55HB33/c56-23-5-1-3-9(23)39(72)49(82)40(73)12(3)37(70)35(68)10(1)32(65)30(63)7(5)15-24(57)20(45(78)51(84)43(15)76)17-26(59)18(28(61)19(27(17)60)22-47(80)53(86)55(88)54(87)48(22)81)21-25(58)16(44(77)52(85)46(21)79)8-6-2-4-13(34(67)29(6)62)41(74)50(83)42(75)14(4)38(71)36(69)11(2)33(66)31(8)64/h23H. The van der Waals surface area contributed by atoms with Gasteiger partial charge in [-0.25, -0.2) is 0 Å². The van der Waals surface area contributed by atoms with Gasteiger partial charge in [-0.1, -0.05) is 131 Å². The molecular weight excluding hydrogens is 1020 g/mol. The van der Waals surface area contributed by atoms with E-state index in [9.17, 15) is 0 Å². The van der Waals surface area contributed by atoms with Crippen molar-refractivity contribution < 1.29 is 0 Å². The summed E-state index contributed by atoms with van der Waals surface area (Å²) in [5.41, 5.74) is -6.72. The van der Waals surface area contributed by atoms with Crippen molar-refractivity contribution in [1.29, 1.82) is 0 Å². The van der Waals surface area contributed by atoms with Gasteiger partial charge in [0, 0.05) is 0 Å². The Morgan fingerprint density at radius 3 is 0.636 bits per heavy atom. The lowest BCUT2D eigenvalue weighted by Gasteiger charge is -2.34. The van der Waals surface area contributed by atoms with Crippen LogP contribution in [-0.2, 0) is 0 Å². The van der Waals surface area contributed by atoms with Crippen molar-refractivity contribution in [2.75, 3.05) is 0 Å². The topological polar surface area (TPSA) is 0 Å². The van der Waals surface area contributed by atoms with E-state index in [2.05, 4.69) is 0 Å². The zero-order chi connectivity index (χ0) is 64.8. The molecule has 1 aliphatic rings. The van der Waals surface area contributed by atoms with Gasteiger partial charge in [0.1, 0.15) is 251 Å². The second-order valence-corrected chi connectivity index (χ2v) is 22.0. The molecule has 11 aromatic carbocycles. The van der Waals surface area contributed by atoms with E-state index in [1.54, 1.807) is 0 Å². The molecule has 0 amide bonds. The lowest BCUT2D eigenvalue weighted by molar-refractivity contribution is 1.23. The van der Waals surface area contributed by atoms with Crippen LogP contribution >= 0.6 is 0 Å². The van der Waals surface area contributed by atoms with E-state index < -0.39 is 5.82 Å². The van der Waals surface area contributed by atoms with Gasteiger partial charge < -0.3 is 0 Å². The van der Waals surface area contributed by atoms with E-state index in [0.717, 1.165) is 0 Å². The summed E-state index contributed by atoms with van der Waals surface area (Å²) in [6.07, 6.45) is 0. The van der Waals surface area contributed by atoms with Gasteiger partial charge in [0.15, 0.2) is 0 Å². The molecule has 66 radical (unpaired) electrons. The van der Waals surface area contributed by atoms with E-state index in [1.807, 2.05) is 0 Å². The Balaban J connectivity index is 1.26. The van der Waals surface area contributed by atoms with E-state index >= 15 is 0 Å². The highest BCUT2D eigenvalue weighted by Gasteiger charge is 2.36. The monoisotopic (exact) mass is 1020 g/mol. The maximum atomic E-state index is 7.55. The molecule has 1 unspecified atom stereocenters. The molecule has 0 aromatic heterocycles. The summed E-state index contributed by atoms with van der Waals surface area (Å²) in [6, 6.07) is 0. The Hall–Kier alpha value is -4.88. The fraction of sp³-hybridized carbons (Fsp3) is 0.0182. The van der Waals surface area contributed by atoms with Crippen LogP contribution in [0.15, 0.2) is 0 Å². The highest BCUT2D eigenvalue weighted by molar-refractivity contribution is 6.78. The quantitative estimate of drug-likeness (QED) is 0.119. The van der Waals surface area contributed by atoms with Crippen molar-refractivity contribution >= 4 is 488 Å². The van der Waals surface area contributed by atoms with Crippen LogP contribution < -0.4 is 175 Å². The van der Waals surface area contributed by atoms with E-state index in [4.69, 9.17) is 259 Å². The average molecular weight is 1020 g/mol. The molecule has 1 aliphatic carbocycles. The molecule has 0 spiro atoms. The number of hydrogen-bond acceptors (Lipinski definition) is 0. The molecule has 12 rings (SSSR count). The first-order valence-electron chi connectivity index (χ1n) is 26.1. The molecule has 11 aromatic rings. The van der Waals surface area contributed by atoms with Crippen LogP contribution in [0.3, 0.4) is 0 Å². The summed E-state index contributed by atoms with van der Waals surface area (Å²) in [5.74, 6) is -1.17. The van der Waals surface area contributed by atoms with Crippen LogP contribution in [0.4, 0.5) is 0 Å². The molecule has 0 saturated carbocycles. The maximum Gasteiger partial charge on any atom is 0.115 e. The Morgan fingerprint density at radius 2 is 0.284 bits per heavy atom. The third kappa shape index (κ3) is 7.76. The van der Waals surface area contributed by atoms with Gasteiger partial charge >= 0.3 is 0 Å². The normalized spacial score (nSPS) is 13.0. The Kier molecular flexibility index (Phi) is 15.2. The van der Waals surface area contributed by atoms with Crippen molar-refractivity contribution in [3.05, 3.63) is 11.1 Å². The molecular formula is C55HB33. The molecule has 1 atom stereocenters. The largest absolute Gasteiger partial charge is 0.115 e. The molecule has 0 heterocycles. The minimum atomic E-state index is -1.17. The Bertz CT molecular complexity index is 5190. The van der Waals surface area contributed by atoms with Crippen LogP contribution in [0, 0.1) is 0 Å². The number of rotatable bonds is 5. The smallest absolute Gasteiger partial charge is 0.112 e. The summed E-state index contributed by atoms with van der Waals surface area (Å²) in [5, 5.41) is 2.19. The highest BCUT2D eigenvalue weighted by atomic mass is 14.3. The second-order valence-electron chi connectivity index (χ2n) is 22.0. The summed E-state index contributed by atoms with van der Waals surface area (Å²) < 4.78 is 0. The first-order chi connectivity index (χ1) is 41.1. The van der Waals surface area contributed by atoms with Crippen LogP contribution in [0.2, 0.25) is 0 Å². The lowest BCUT2D eigenvalue weighted by Crippen LogP contribution is -2.56. The van der Waals surface area contributed by atoms with Crippen molar-refractivity contribution in [3.8, 4) is 55.6 Å². The fourth-order valence-corrected chi connectivity index (χ4v) is 13.5. The first kappa shape index (κ1) is 63.3. The van der Waals surface area contributed by atoms with Crippen LogP contribution in [0.25, 0.3) is 109 Å². The highest BCUT2D eigenvalue weighted by Crippen LogP contribution is 2.44. The third-order valence-corrected chi connectivity index (χ3v) is 18.0. The van der Waals surface area contributed by atoms with Gasteiger partial charge in [-0.15, -0.1) is 43.7 Å². The molecule has 0 saturated heterocycles.